The molecule has 0 atom stereocenters. The molecule has 0 radical (unpaired) electrons. The number of furan rings is 1. The molecule has 24 heavy (non-hydrogen) atoms. The third-order valence-corrected chi connectivity index (χ3v) is 4.89. The minimum Gasteiger partial charge on any atom is -0.459 e. The van der Waals surface area contributed by atoms with Gasteiger partial charge in [-0.1, -0.05) is 15.9 Å². The van der Waals surface area contributed by atoms with Gasteiger partial charge in [-0.3, -0.25) is 4.79 Å². The van der Waals surface area contributed by atoms with Gasteiger partial charge in [0.1, 0.15) is 0 Å². The Balaban J connectivity index is 1.55. The Kier molecular flexibility index (Phi) is 4.89. The Hall–Kier alpha value is -2.28. The van der Waals surface area contributed by atoms with Crippen molar-refractivity contribution in [2.45, 2.75) is 6.92 Å². The highest BCUT2D eigenvalue weighted by Gasteiger charge is 2.26. The Bertz CT molecular complexity index is 738. The van der Waals surface area contributed by atoms with E-state index in [1.807, 2.05) is 25.1 Å². The number of amides is 3. The molecule has 126 valence electrons. The van der Waals surface area contributed by atoms with Crippen molar-refractivity contribution in [3.05, 3.63) is 52.4 Å². The molecule has 0 spiro atoms. The number of hydrogen-bond donors (Lipinski definition) is 1. The average molecular weight is 392 g/mol. The van der Waals surface area contributed by atoms with Gasteiger partial charge < -0.3 is 19.5 Å². The van der Waals surface area contributed by atoms with Crippen LogP contribution in [0.15, 0.2) is 45.5 Å². The molecule has 1 N–H and O–H groups in total. The number of benzene rings is 1. The number of carbonyl (C=O) groups excluding carboxylic acids is 2. The highest BCUT2D eigenvalue weighted by molar-refractivity contribution is 9.10. The Morgan fingerprint density at radius 3 is 2.46 bits per heavy atom. The highest BCUT2D eigenvalue weighted by Crippen LogP contribution is 2.20. The first-order valence-electron chi connectivity index (χ1n) is 7.69. The van der Waals surface area contributed by atoms with Crippen LogP contribution in [0.1, 0.15) is 16.1 Å². The number of rotatable bonds is 2. The normalized spacial score (nSPS) is 14.6. The molecule has 6 nitrogen and oxygen atoms in total. The average Bonchev–Trinajstić information content (AvgIpc) is 3.12. The number of nitrogens with zero attached hydrogens (tertiary/aromatic N) is 2. The smallest absolute Gasteiger partial charge is 0.321 e. The van der Waals surface area contributed by atoms with Gasteiger partial charge in [0.2, 0.25) is 0 Å². The summed E-state index contributed by atoms with van der Waals surface area (Å²) in [5, 5.41) is 2.90. The summed E-state index contributed by atoms with van der Waals surface area (Å²) in [6, 6.07) is 8.87. The van der Waals surface area contributed by atoms with Gasteiger partial charge >= 0.3 is 6.03 Å². The molecule has 2 heterocycles. The largest absolute Gasteiger partial charge is 0.459 e. The number of hydrogen-bond acceptors (Lipinski definition) is 3. The fraction of sp³-hybridized carbons (Fsp3) is 0.294. The van der Waals surface area contributed by atoms with Gasteiger partial charge in [-0.05, 0) is 42.8 Å². The molecule has 2 aromatic rings. The summed E-state index contributed by atoms with van der Waals surface area (Å²) in [5.74, 6) is 0.196. The molecule has 3 amide bonds. The molecule has 0 saturated carbocycles. The SMILES string of the molecule is Cc1cc(NC(=O)N2CCN(C(=O)c3ccco3)CC2)ccc1Br. The van der Waals surface area contributed by atoms with Crippen LogP contribution in [0.2, 0.25) is 0 Å². The quantitative estimate of drug-likeness (QED) is 0.853. The first kappa shape index (κ1) is 16.6. The highest BCUT2D eigenvalue weighted by atomic mass is 79.9. The predicted octanol–water partition coefficient (Wildman–Crippen LogP) is 3.34. The zero-order valence-corrected chi connectivity index (χ0v) is 14.9. The fourth-order valence-electron chi connectivity index (χ4n) is 2.59. The van der Waals surface area contributed by atoms with E-state index < -0.39 is 0 Å². The second-order valence-corrected chi connectivity index (χ2v) is 6.51. The topological polar surface area (TPSA) is 65.8 Å². The lowest BCUT2D eigenvalue weighted by molar-refractivity contribution is 0.0640. The second-order valence-electron chi connectivity index (χ2n) is 5.65. The van der Waals surface area contributed by atoms with Crippen molar-refractivity contribution in [3.8, 4) is 0 Å². The van der Waals surface area contributed by atoms with Gasteiger partial charge in [-0.25, -0.2) is 4.79 Å². The minimum atomic E-state index is -0.151. The van der Waals surface area contributed by atoms with Gasteiger partial charge in [0.15, 0.2) is 5.76 Å². The lowest BCUT2D eigenvalue weighted by Gasteiger charge is -2.34. The van der Waals surface area contributed by atoms with Crippen molar-refractivity contribution in [2.24, 2.45) is 0 Å². The molecule has 0 bridgehead atoms. The number of piperazine rings is 1. The minimum absolute atomic E-state index is 0.136. The number of aryl methyl sites for hydroxylation is 1. The predicted molar refractivity (Wildman–Crippen MR) is 94.1 cm³/mol. The summed E-state index contributed by atoms with van der Waals surface area (Å²) in [7, 11) is 0. The third-order valence-electron chi connectivity index (χ3n) is 4.00. The van der Waals surface area contributed by atoms with Gasteiger partial charge in [-0.2, -0.15) is 0 Å². The third kappa shape index (κ3) is 3.62. The van der Waals surface area contributed by atoms with Crippen LogP contribution in [-0.2, 0) is 0 Å². The number of carbonyl (C=O) groups is 2. The van der Waals surface area contributed by atoms with E-state index in [0.29, 0.717) is 31.9 Å². The number of anilines is 1. The van der Waals surface area contributed by atoms with E-state index in [1.165, 1.54) is 6.26 Å². The zero-order chi connectivity index (χ0) is 17.1. The zero-order valence-electron chi connectivity index (χ0n) is 13.3. The van der Waals surface area contributed by atoms with Crippen molar-refractivity contribution < 1.29 is 14.0 Å². The molecule has 0 aliphatic carbocycles. The standard InChI is InChI=1S/C17H18BrN3O3/c1-12-11-13(4-5-14(12)18)19-17(23)21-8-6-20(7-9-21)16(22)15-3-2-10-24-15/h2-5,10-11H,6-9H2,1H3,(H,19,23). The van der Waals surface area contributed by atoms with E-state index in [2.05, 4.69) is 21.2 Å². The van der Waals surface area contributed by atoms with Crippen molar-refractivity contribution in [2.75, 3.05) is 31.5 Å². The van der Waals surface area contributed by atoms with Gasteiger partial charge in [0, 0.05) is 36.3 Å². The summed E-state index contributed by atoms with van der Waals surface area (Å²) in [6.45, 7) is 3.94. The molecule has 1 aromatic heterocycles. The van der Waals surface area contributed by atoms with Gasteiger partial charge in [-0.15, -0.1) is 0 Å². The molecular formula is C17H18BrN3O3. The summed E-state index contributed by atoms with van der Waals surface area (Å²) in [5.41, 5.74) is 1.82. The maximum absolute atomic E-state index is 12.4. The number of nitrogens with one attached hydrogen (secondary N) is 1. The summed E-state index contributed by atoms with van der Waals surface area (Å²) in [6.07, 6.45) is 1.48. The van der Waals surface area contributed by atoms with Crippen LogP contribution in [0.4, 0.5) is 10.5 Å². The number of halogens is 1. The molecular weight excluding hydrogens is 374 g/mol. The van der Waals surface area contributed by atoms with E-state index in [0.717, 1.165) is 15.7 Å². The number of urea groups is 1. The van der Waals surface area contributed by atoms with Crippen LogP contribution in [0.5, 0.6) is 0 Å². The van der Waals surface area contributed by atoms with Crippen LogP contribution in [0.25, 0.3) is 0 Å². The Morgan fingerprint density at radius 1 is 1.12 bits per heavy atom. The van der Waals surface area contributed by atoms with E-state index in [4.69, 9.17) is 4.42 Å². The summed E-state index contributed by atoms with van der Waals surface area (Å²) in [4.78, 5) is 28.0. The molecule has 0 unspecified atom stereocenters. The van der Waals surface area contributed by atoms with Crippen LogP contribution >= 0.6 is 15.9 Å². The van der Waals surface area contributed by atoms with Crippen LogP contribution in [0.3, 0.4) is 0 Å². The monoisotopic (exact) mass is 391 g/mol. The molecule has 1 fully saturated rings. The van der Waals surface area contributed by atoms with Crippen LogP contribution < -0.4 is 5.32 Å². The summed E-state index contributed by atoms with van der Waals surface area (Å²) < 4.78 is 6.14. The van der Waals surface area contributed by atoms with Crippen LogP contribution in [0, 0.1) is 6.92 Å². The van der Waals surface area contributed by atoms with Crippen LogP contribution in [-0.4, -0.2) is 47.9 Å². The molecule has 3 rings (SSSR count). The van der Waals surface area contributed by atoms with Crippen molar-refractivity contribution in [3.63, 3.8) is 0 Å². The lowest BCUT2D eigenvalue weighted by Crippen LogP contribution is -2.51. The molecule has 7 heteroatoms. The van der Waals surface area contributed by atoms with E-state index >= 15 is 0 Å². The van der Waals surface area contributed by atoms with E-state index in [9.17, 15) is 9.59 Å². The Morgan fingerprint density at radius 2 is 1.83 bits per heavy atom. The molecule has 1 aliphatic heterocycles. The summed E-state index contributed by atoms with van der Waals surface area (Å²) >= 11 is 3.44. The van der Waals surface area contributed by atoms with E-state index in [1.54, 1.807) is 21.9 Å². The second kappa shape index (κ2) is 7.09. The fourth-order valence-corrected chi connectivity index (χ4v) is 2.84. The van der Waals surface area contributed by atoms with E-state index in [-0.39, 0.29) is 11.9 Å². The maximum Gasteiger partial charge on any atom is 0.321 e. The lowest BCUT2D eigenvalue weighted by atomic mass is 10.2. The van der Waals surface area contributed by atoms with Crippen molar-refractivity contribution >= 4 is 33.6 Å². The van der Waals surface area contributed by atoms with Gasteiger partial charge in [0.25, 0.3) is 5.91 Å². The Labute approximate surface area is 148 Å². The maximum atomic E-state index is 12.4. The van der Waals surface area contributed by atoms with Crippen molar-refractivity contribution in [1.82, 2.24) is 9.80 Å². The first-order valence-corrected chi connectivity index (χ1v) is 8.49. The molecule has 1 aromatic carbocycles. The van der Waals surface area contributed by atoms with Gasteiger partial charge in [0.05, 0.1) is 6.26 Å². The molecule has 1 aliphatic rings. The molecule has 1 saturated heterocycles. The first-order chi connectivity index (χ1) is 11.5. The van der Waals surface area contributed by atoms with Crippen molar-refractivity contribution in [1.29, 1.82) is 0 Å².